The number of carbonyl (C=O) groups excluding carboxylic acids is 1. The molecule has 0 radical (unpaired) electrons. The lowest BCUT2D eigenvalue weighted by Crippen LogP contribution is -2.23. The van der Waals surface area contributed by atoms with Gasteiger partial charge in [0.1, 0.15) is 5.01 Å². The highest BCUT2D eigenvalue weighted by molar-refractivity contribution is 7.13. The van der Waals surface area contributed by atoms with Crippen molar-refractivity contribution < 1.29 is 4.79 Å². The van der Waals surface area contributed by atoms with Crippen LogP contribution in [0, 0.1) is 0 Å². The lowest BCUT2D eigenvalue weighted by molar-refractivity contribution is -0.128. The molecular weight excluding hydrogens is 292 g/mol. The molecule has 2 heterocycles. The molecule has 0 aliphatic carbocycles. The number of aromatic nitrogens is 1. The smallest absolute Gasteiger partial charge is 0.222 e. The molecule has 0 N–H and O–H groups in total. The van der Waals surface area contributed by atoms with Crippen LogP contribution in [0.1, 0.15) is 24.1 Å². The molecule has 0 unspecified atom stereocenters. The second-order valence-electron chi connectivity index (χ2n) is 4.89. The number of amides is 1. The summed E-state index contributed by atoms with van der Waals surface area (Å²) in [4.78, 5) is 18.0. The summed E-state index contributed by atoms with van der Waals surface area (Å²) in [7, 11) is 0. The van der Waals surface area contributed by atoms with Gasteiger partial charge in [0.05, 0.1) is 11.6 Å². The highest BCUT2D eigenvalue weighted by atomic mass is 35.5. The predicted octanol–water partition coefficient (Wildman–Crippen LogP) is 3.67. The first-order valence-corrected chi connectivity index (χ1v) is 8.05. The molecule has 1 aromatic heterocycles. The van der Waals surface area contributed by atoms with Crippen molar-refractivity contribution in [3.63, 3.8) is 0 Å². The Morgan fingerprint density at radius 1 is 1.30 bits per heavy atom. The van der Waals surface area contributed by atoms with Crippen LogP contribution in [0.5, 0.6) is 0 Å². The van der Waals surface area contributed by atoms with Crippen molar-refractivity contribution in [1.29, 1.82) is 0 Å². The van der Waals surface area contributed by atoms with Gasteiger partial charge in [0.2, 0.25) is 5.91 Å². The molecule has 3 rings (SSSR count). The zero-order chi connectivity index (χ0) is 13.9. The van der Waals surface area contributed by atoms with E-state index in [2.05, 4.69) is 29.2 Å². The number of nitrogens with zero attached hydrogens (tertiary/aromatic N) is 2. The van der Waals surface area contributed by atoms with Crippen molar-refractivity contribution in [3.8, 4) is 10.6 Å². The van der Waals surface area contributed by atoms with E-state index in [9.17, 15) is 4.79 Å². The molecule has 0 saturated carbocycles. The Hall–Kier alpha value is -1.39. The van der Waals surface area contributed by atoms with Crippen molar-refractivity contribution >= 4 is 28.8 Å². The fraction of sp³-hybridized carbons (Fsp3) is 0.333. The molecule has 5 heteroatoms. The number of hydrogen-bond acceptors (Lipinski definition) is 3. The Bertz CT molecular complexity index is 609. The summed E-state index contributed by atoms with van der Waals surface area (Å²) >= 11 is 7.37. The molecule has 1 aliphatic rings. The third-order valence-electron chi connectivity index (χ3n) is 3.43. The van der Waals surface area contributed by atoms with E-state index in [4.69, 9.17) is 11.6 Å². The number of rotatable bonds is 4. The van der Waals surface area contributed by atoms with Gasteiger partial charge in [0.15, 0.2) is 0 Å². The molecule has 3 nitrogen and oxygen atoms in total. The molecule has 1 saturated heterocycles. The summed E-state index contributed by atoms with van der Waals surface area (Å²) in [5.41, 5.74) is 3.18. The number of halogens is 1. The van der Waals surface area contributed by atoms with Crippen LogP contribution in [0.3, 0.4) is 0 Å². The summed E-state index contributed by atoms with van der Waals surface area (Å²) < 4.78 is 0. The summed E-state index contributed by atoms with van der Waals surface area (Å²) in [5.74, 6) is 0.715. The first-order valence-electron chi connectivity index (χ1n) is 6.64. The van der Waals surface area contributed by atoms with Crippen molar-refractivity contribution in [3.05, 3.63) is 40.9 Å². The van der Waals surface area contributed by atoms with E-state index in [0.29, 0.717) is 18.8 Å². The fourth-order valence-corrected chi connectivity index (χ4v) is 3.40. The molecule has 1 amide bonds. The molecular formula is C15H15ClN2OS. The maximum Gasteiger partial charge on any atom is 0.222 e. The van der Waals surface area contributed by atoms with Crippen molar-refractivity contribution in [2.45, 2.75) is 25.3 Å². The van der Waals surface area contributed by atoms with Gasteiger partial charge in [-0.1, -0.05) is 24.3 Å². The molecule has 0 spiro atoms. The van der Waals surface area contributed by atoms with Gasteiger partial charge in [-0.2, -0.15) is 0 Å². The van der Waals surface area contributed by atoms with Crippen molar-refractivity contribution in [2.24, 2.45) is 0 Å². The molecule has 0 atom stereocenters. The lowest BCUT2D eigenvalue weighted by atomic mass is 10.1. The van der Waals surface area contributed by atoms with Crippen LogP contribution in [0.15, 0.2) is 29.6 Å². The van der Waals surface area contributed by atoms with Gasteiger partial charge in [-0.3, -0.25) is 4.79 Å². The largest absolute Gasteiger partial charge is 0.338 e. The standard InChI is InChI=1S/C15H15ClN2OS/c16-8-13-10-20-15(17-13)12-5-3-11(4-6-12)9-18-7-1-2-14(18)19/h3-6,10H,1-2,7-9H2. The minimum absolute atomic E-state index is 0.265. The Morgan fingerprint density at radius 3 is 2.70 bits per heavy atom. The van der Waals surface area contributed by atoms with Gasteiger partial charge in [0, 0.05) is 30.5 Å². The van der Waals surface area contributed by atoms with Gasteiger partial charge >= 0.3 is 0 Å². The van der Waals surface area contributed by atoms with E-state index in [1.54, 1.807) is 11.3 Å². The van der Waals surface area contributed by atoms with Gasteiger partial charge < -0.3 is 4.90 Å². The van der Waals surface area contributed by atoms with Crippen LogP contribution < -0.4 is 0 Å². The first kappa shape index (κ1) is 13.6. The summed E-state index contributed by atoms with van der Waals surface area (Å²) in [6, 6.07) is 8.27. The Kier molecular flexibility index (Phi) is 4.03. The van der Waals surface area contributed by atoms with Gasteiger partial charge in [-0.05, 0) is 12.0 Å². The molecule has 104 valence electrons. The summed E-state index contributed by atoms with van der Waals surface area (Å²) in [5, 5.41) is 2.98. The summed E-state index contributed by atoms with van der Waals surface area (Å²) in [6.45, 7) is 1.59. The molecule has 1 aromatic carbocycles. The minimum atomic E-state index is 0.265. The normalized spacial score (nSPS) is 15.1. The van der Waals surface area contributed by atoms with Crippen molar-refractivity contribution in [2.75, 3.05) is 6.54 Å². The zero-order valence-electron chi connectivity index (χ0n) is 11.0. The monoisotopic (exact) mass is 306 g/mol. The maximum atomic E-state index is 11.6. The number of hydrogen-bond donors (Lipinski definition) is 0. The van der Waals surface area contributed by atoms with Crippen LogP contribution >= 0.6 is 22.9 Å². The molecule has 1 aliphatic heterocycles. The van der Waals surface area contributed by atoms with Crippen molar-refractivity contribution in [1.82, 2.24) is 9.88 Å². The highest BCUT2D eigenvalue weighted by Crippen LogP contribution is 2.25. The quantitative estimate of drug-likeness (QED) is 0.808. The number of benzene rings is 1. The Labute approximate surface area is 127 Å². The third-order valence-corrected chi connectivity index (χ3v) is 4.65. The number of thiazole rings is 1. The molecule has 1 fully saturated rings. The molecule has 20 heavy (non-hydrogen) atoms. The average Bonchev–Trinajstić information content (AvgIpc) is 3.10. The fourth-order valence-electron chi connectivity index (χ4n) is 2.35. The van der Waals surface area contributed by atoms with Crippen LogP contribution in [-0.2, 0) is 17.2 Å². The van der Waals surface area contributed by atoms with E-state index in [1.165, 1.54) is 0 Å². The van der Waals surface area contributed by atoms with Crippen LogP contribution in [-0.4, -0.2) is 22.3 Å². The number of likely N-dealkylation sites (tertiary alicyclic amines) is 1. The van der Waals surface area contributed by atoms with Gasteiger partial charge in [-0.15, -0.1) is 22.9 Å². The lowest BCUT2D eigenvalue weighted by Gasteiger charge is -2.15. The number of alkyl halides is 1. The van der Waals surface area contributed by atoms with E-state index in [-0.39, 0.29) is 5.91 Å². The molecule has 0 bridgehead atoms. The predicted molar refractivity (Wildman–Crippen MR) is 81.8 cm³/mol. The van der Waals surface area contributed by atoms with Crippen LogP contribution in [0.4, 0.5) is 0 Å². The Morgan fingerprint density at radius 2 is 2.10 bits per heavy atom. The van der Waals surface area contributed by atoms with E-state index < -0.39 is 0 Å². The van der Waals surface area contributed by atoms with Gasteiger partial charge in [0.25, 0.3) is 0 Å². The SMILES string of the molecule is O=C1CCCN1Cc1ccc(-c2nc(CCl)cs2)cc1. The second-order valence-corrected chi connectivity index (χ2v) is 6.02. The average molecular weight is 307 g/mol. The minimum Gasteiger partial charge on any atom is -0.338 e. The van der Waals surface area contributed by atoms with Gasteiger partial charge in [-0.25, -0.2) is 4.98 Å². The Balaban J connectivity index is 1.72. The third kappa shape index (κ3) is 2.86. The van der Waals surface area contributed by atoms with E-state index >= 15 is 0 Å². The van der Waals surface area contributed by atoms with Crippen LogP contribution in [0.2, 0.25) is 0 Å². The van der Waals surface area contributed by atoms with Crippen LogP contribution in [0.25, 0.3) is 10.6 Å². The van der Waals surface area contributed by atoms with E-state index in [0.717, 1.165) is 34.8 Å². The number of carbonyl (C=O) groups is 1. The maximum absolute atomic E-state index is 11.6. The first-order chi connectivity index (χ1) is 9.76. The second kappa shape index (κ2) is 5.94. The zero-order valence-corrected chi connectivity index (χ0v) is 12.6. The van der Waals surface area contributed by atoms with E-state index in [1.807, 2.05) is 10.3 Å². The topological polar surface area (TPSA) is 33.2 Å². The molecule has 2 aromatic rings. The highest BCUT2D eigenvalue weighted by Gasteiger charge is 2.19. The summed E-state index contributed by atoms with van der Waals surface area (Å²) in [6.07, 6.45) is 1.68.